The van der Waals surface area contributed by atoms with Crippen molar-refractivity contribution < 1.29 is 18.3 Å². The van der Waals surface area contributed by atoms with Crippen LogP contribution in [0.4, 0.5) is 10.3 Å². The van der Waals surface area contributed by atoms with Crippen molar-refractivity contribution in [2.24, 2.45) is 0 Å². The third-order valence-electron chi connectivity index (χ3n) is 6.06. The molecule has 164 valence electrons. The van der Waals surface area contributed by atoms with Crippen LogP contribution in [0.1, 0.15) is 30.0 Å². The molecule has 0 aliphatic carbocycles. The predicted molar refractivity (Wildman–Crippen MR) is 111 cm³/mol. The second-order valence-corrected chi connectivity index (χ2v) is 7.92. The molecule has 0 unspecified atom stereocenters. The van der Waals surface area contributed by atoms with Crippen molar-refractivity contribution in [2.45, 2.75) is 25.3 Å². The van der Waals surface area contributed by atoms with Gasteiger partial charge >= 0.3 is 0 Å². The van der Waals surface area contributed by atoms with E-state index in [9.17, 15) is 14.4 Å². The second-order valence-electron chi connectivity index (χ2n) is 7.92. The number of carbonyl (C=O) groups is 1. The fraction of sp³-hybridized carbons (Fsp3) is 0.500. The summed E-state index contributed by atoms with van der Waals surface area (Å²) < 4.78 is 24.5. The molecular weight excluding hydrogens is 401 g/mol. The van der Waals surface area contributed by atoms with Crippen molar-refractivity contribution in [1.82, 2.24) is 15.2 Å². The third-order valence-corrected chi connectivity index (χ3v) is 6.06. The number of rotatable bonds is 5. The van der Waals surface area contributed by atoms with Crippen LogP contribution in [0, 0.1) is 24.1 Å². The molecule has 9 heteroatoms. The Morgan fingerprint density at radius 2 is 1.90 bits per heavy atom. The monoisotopic (exact) mass is 427 g/mol. The maximum absolute atomic E-state index is 13.4. The zero-order valence-corrected chi connectivity index (χ0v) is 17.6. The van der Waals surface area contributed by atoms with Crippen LogP contribution in [-0.2, 0) is 15.1 Å². The average Bonchev–Trinajstić information content (AvgIpc) is 3.19. The van der Waals surface area contributed by atoms with Crippen LogP contribution in [-0.4, -0.2) is 61.7 Å². The first kappa shape index (κ1) is 21.3. The van der Waals surface area contributed by atoms with E-state index in [1.54, 1.807) is 19.1 Å². The number of hydrogen-bond donors (Lipinski definition) is 1. The average molecular weight is 427 g/mol. The lowest BCUT2D eigenvalue weighted by Gasteiger charge is -2.40. The zero-order valence-electron chi connectivity index (χ0n) is 17.6. The van der Waals surface area contributed by atoms with Crippen molar-refractivity contribution >= 4 is 11.8 Å². The number of aryl methyl sites for hydroxylation is 1. The molecule has 4 rings (SSSR count). The summed E-state index contributed by atoms with van der Waals surface area (Å²) in [5.41, 5.74) is 0.849. The summed E-state index contributed by atoms with van der Waals surface area (Å²) in [6, 6.07) is 8.53. The molecule has 2 aliphatic heterocycles. The summed E-state index contributed by atoms with van der Waals surface area (Å²) in [6.45, 7) is 5.32. The number of oxazole rings is 1. The minimum absolute atomic E-state index is 0.0156. The first-order valence-corrected chi connectivity index (χ1v) is 10.5. The molecule has 1 aromatic heterocycles. The molecule has 2 aliphatic rings. The SMILES string of the molecule is Cc1nc(C#N)c(N2CCN(C(=O)CNC3(c4ccc(F)cc4)CCOCC3)CC2)o1. The lowest BCUT2D eigenvalue weighted by Crippen LogP contribution is -2.54. The maximum Gasteiger partial charge on any atom is 0.236 e. The minimum atomic E-state index is -0.400. The summed E-state index contributed by atoms with van der Waals surface area (Å²) in [5, 5.41) is 12.7. The zero-order chi connectivity index (χ0) is 21.8. The summed E-state index contributed by atoms with van der Waals surface area (Å²) in [5.74, 6) is 0.669. The Bertz CT molecular complexity index is 955. The molecule has 2 fully saturated rings. The van der Waals surface area contributed by atoms with Crippen LogP contribution in [0.2, 0.25) is 0 Å². The van der Waals surface area contributed by atoms with Crippen LogP contribution >= 0.6 is 0 Å². The largest absolute Gasteiger partial charge is 0.424 e. The van der Waals surface area contributed by atoms with Crippen molar-refractivity contribution in [1.29, 1.82) is 5.26 Å². The molecule has 0 atom stereocenters. The Balaban J connectivity index is 1.37. The molecule has 1 N–H and O–H groups in total. The molecule has 8 nitrogen and oxygen atoms in total. The van der Waals surface area contributed by atoms with E-state index in [1.807, 2.05) is 9.80 Å². The number of amides is 1. The standard InChI is InChI=1S/C22H26FN5O3/c1-16-26-19(14-24)21(31-16)28-10-8-27(9-11-28)20(29)15-25-22(6-12-30-13-7-22)17-2-4-18(23)5-3-17/h2-5,25H,6-13,15H2,1H3. The van der Waals surface area contributed by atoms with E-state index >= 15 is 0 Å². The molecule has 0 bridgehead atoms. The van der Waals surface area contributed by atoms with Gasteiger partial charge in [0.2, 0.25) is 17.5 Å². The molecule has 1 aromatic carbocycles. The predicted octanol–water partition coefficient (Wildman–Crippen LogP) is 1.94. The summed E-state index contributed by atoms with van der Waals surface area (Å²) in [4.78, 5) is 20.8. The number of nitriles is 1. The fourth-order valence-corrected chi connectivity index (χ4v) is 4.28. The van der Waals surface area contributed by atoms with E-state index in [0.29, 0.717) is 51.2 Å². The van der Waals surface area contributed by atoms with Gasteiger partial charge in [-0.1, -0.05) is 12.1 Å². The Hall–Kier alpha value is -2.96. The summed E-state index contributed by atoms with van der Waals surface area (Å²) >= 11 is 0. The number of carbonyl (C=O) groups excluding carboxylic acids is 1. The molecule has 0 radical (unpaired) electrons. The number of nitrogens with zero attached hydrogens (tertiary/aromatic N) is 4. The molecule has 0 saturated carbocycles. The van der Waals surface area contributed by atoms with Gasteiger partial charge in [0.25, 0.3) is 0 Å². The normalized spacial score (nSPS) is 18.6. The first-order chi connectivity index (χ1) is 15.0. The fourth-order valence-electron chi connectivity index (χ4n) is 4.28. The summed E-state index contributed by atoms with van der Waals surface area (Å²) in [6.07, 6.45) is 1.45. The van der Waals surface area contributed by atoms with E-state index in [0.717, 1.165) is 18.4 Å². The highest BCUT2D eigenvalue weighted by molar-refractivity contribution is 5.78. The van der Waals surface area contributed by atoms with Gasteiger partial charge in [-0.15, -0.1) is 0 Å². The van der Waals surface area contributed by atoms with Gasteiger partial charge in [-0.3, -0.25) is 10.1 Å². The molecule has 2 aromatic rings. The molecular formula is C22H26FN5O3. The van der Waals surface area contributed by atoms with Crippen LogP contribution in [0.15, 0.2) is 28.7 Å². The van der Waals surface area contributed by atoms with Gasteiger partial charge in [0, 0.05) is 51.9 Å². The first-order valence-electron chi connectivity index (χ1n) is 10.5. The van der Waals surface area contributed by atoms with Crippen molar-refractivity contribution in [3.05, 3.63) is 47.2 Å². The van der Waals surface area contributed by atoms with Crippen molar-refractivity contribution in [2.75, 3.05) is 50.8 Å². The van der Waals surface area contributed by atoms with Gasteiger partial charge in [-0.05, 0) is 30.5 Å². The van der Waals surface area contributed by atoms with Crippen LogP contribution in [0.3, 0.4) is 0 Å². The number of hydrogen-bond acceptors (Lipinski definition) is 7. The number of aromatic nitrogens is 1. The highest BCUT2D eigenvalue weighted by Gasteiger charge is 2.35. The smallest absolute Gasteiger partial charge is 0.236 e. The van der Waals surface area contributed by atoms with E-state index in [1.165, 1.54) is 12.1 Å². The molecule has 31 heavy (non-hydrogen) atoms. The van der Waals surface area contributed by atoms with E-state index in [4.69, 9.17) is 9.15 Å². The lowest BCUT2D eigenvalue weighted by atomic mass is 9.82. The van der Waals surface area contributed by atoms with Crippen molar-refractivity contribution in [3.8, 4) is 6.07 Å². The lowest BCUT2D eigenvalue weighted by molar-refractivity contribution is -0.131. The minimum Gasteiger partial charge on any atom is -0.424 e. The van der Waals surface area contributed by atoms with Crippen molar-refractivity contribution in [3.63, 3.8) is 0 Å². The second kappa shape index (κ2) is 9.04. The molecule has 1 amide bonds. The Morgan fingerprint density at radius 3 is 2.55 bits per heavy atom. The molecule has 0 spiro atoms. The van der Waals surface area contributed by atoms with Gasteiger partial charge in [0.15, 0.2) is 5.89 Å². The Kier molecular flexibility index (Phi) is 6.20. The number of nitrogens with one attached hydrogen (secondary N) is 1. The van der Waals surface area contributed by atoms with E-state index in [-0.39, 0.29) is 24.0 Å². The number of benzene rings is 1. The van der Waals surface area contributed by atoms with Gasteiger partial charge in [-0.25, -0.2) is 9.37 Å². The highest BCUT2D eigenvalue weighted by Crippen LogP contribution is 2.32. The maximum atomic E-state index is 13.4. The number of halogens is 1. The number of anilines is 1. The molecule has 2 saturated heterocycles. The van der Waals surface area contributed by atoms with Gasteiger partial charge in [-0.2, -0.15) is 5.26 Å². The number of ether oxygens (including phenoxy) is 1. The topological polar surface area (TPSA) is 94.6 Å². The Labute approximate surface area is 180 Å². The highest BCUT2D eigenvalue weighted by atomic mass is 19.1. The Morgan fingerprint density at radius 1 is 1.23 bits per heavy atom. The van der Waals surface area contributed by atoms with E-state index in [2.05, 4.69) is 16.4 Å². The summed E-state index contributed by atoms with van der Waals surface area (Å²) in [7, 11) is 0. The quantitative estimate of drug-likeness (QED) is 0.779. The van der Waals surface area contributed by atoms with Crippen LogP contribution < -0.4 is 10.2 Å². The van der Waals surface area contributed by atoms with Crippen LogP contribution in [0.25, 0.3) is 0 Å². The third kappa shape index (κ3) is 4.55. The van der Waals surface area contributed by atoms with Gasteiger partial charge in [0.1, 0.15) is 11.9 Å². The van der Waals surface area contributed by atoms with Gasteiger partial charge in [0.05, 0.1) is 6.54 Å². The van der Waals surface area contributed by atoms with Crippen LogP contribution in [0.5, 0.6) is 0 Å². The number of piperazine rings is 1. The van der Waals surface area contributed by atoms with Gasteiger partial charge < -0.3 is 19.0 Å². The van der Waals surface area contributed by atoms with E-state index < -0.39 is 5.54 Å². The molecule has 3 heterocycles.